The maximum Gasteiger partial charge on any atom is 0.308 e. The lowest BCUT2D eigenvalue weighted by molar-refractivity contribution is -0.195. The van der Waals surface area contributed by atoms with Crippen LogP contribution in [0.15, 0.2) is 0 Å². The molecule has 1 saturated heterocycles. The molecule has 4 N–H and O–H groups in total. The number of hydrogen-bond acceptors (Lipinski definition) is 7. The zero-order valence-electron chi connectivity index (χ0n) is 19.4. The van der Waals surface area contributed by atoms with Gasteiger partial charge in [0.15, 0.2) is 0 Å². The van der Waals surface area contributed by atoms with Gasteiger partial charge in [0.1, 0.15) is 24.4 Å². The molecule has 7 nitrogen and oxygen atoms in total. The first-order valence-electron chi connectivity index (χ1n) is 12.5. The van der Waals surface area contributed by atoms with E-state index >= 15 is 0 Å². The second-order valence-electron chi connectivity index (χ2n) is 8.89. The molecule has 0 aromatic heterocycles. The molecule has 1 unspecified atom stereocenters. The summed E-state index contributed by atoms with van der Waals surface area (Å²) in [6.45, 7) is 1.64. The van der Waals surface area contributed by atoms with Gasteiger partial charge >= 0.3 is 5.97 Å². The van der Waals surface area contributed by atoms with Crippen molar-refractivity contribution in [2.24, 2.45) is 0 Å². The Morgan fingerprint density at radius 3 is 1.71 bits per heavy atom. The fourth-order valence-corrected chi connectivity index (χ4v) is 4.02. The van der Waals surface area contributed by atoms with Crippen LogP contribution in [0.4, 0.5) is 0 Å². The maximum absolute atomic E-state index is 11.9. The number of unbranched alkanes of at least 4 members (excludes halogenated alkanes) is 14. The van der Waals surface area contributed by atoms with E-state index in [-0.39, 0.29) is 6.42 Å². The van der Waals surface area contributed by atoms with Gasteiger partial charge in [0.25, 0.3) is 0 Å². The van der Waals surface area contributed by atoms with Gasteiger partial charge in [-0.1, -0.05) is 96.8 Å². The van der Waals surface area contributed by atoms with Gasteiger partial charge in [-0.15, -0.1) is 0 Å². The van der Waals surface area contributed by atoms with Crippen molar-refractivity contribution in [3.05, 3.63) is 0 Å². The van der Waals surface area contributed by atoms with E-state index in [0.29, 0.717) is 6.42 Å². The van der Waals surface area contributed by atoms with Crippen molar-refractivity contribution < 1.29 is 34.7 Å². The van der Waals surface area contributed by atoms with Crippen LogP contribution in [0.2, 0.25) is 0 Å². The predicted molar refractivity (Wildman–Crippen MR) is 119 cm³/mol. The maximum atomic E-state index is 11.9. The Labute approximate surface area is 188 Å². The molecule has 184 valence electrons. The first-order valence-corrected chi connectivity index (χ1v) is 12.5. The lowest BCUT2D eigenvalue weighted by Gasteiger charge is -2.18. The number of hydrogen-bond donors (Lipinski definition) is 4. The van der Waals surface area contributed by atoms with E-state index in [2.05, 4.69) is 6.92 Å². The van der Waals surface area contributed by atoms with Crippen molar-refractivity contribution in [3.8, 4) is 0 Å². The van der Waals surface area contributed by atoms with Gasteiger partial charge in [0.05, 0.1) is 6.61 Å². The number of aliphatic hydroxyl groups excluding tert-OH is 4. The summed E-state index contributed by atoms with van der Waals surface area (Å²) in [7, 11) is 0. The van der Waals surface area contributed by atoms with Crippen LogP contribution in [0, 0.1) is 0 Å². The highest BCUT2D eigenvalue weighted by atomic mass is 16.7. The molecule has 1 fully saturated rings. The molecule has 0 aliphatic carbocycles. The van der Waals surface area contributed by atoms with Gasteiger partial charge in [-0.2, -0.15) is 0 Å². The summed E-state index contributed by atoms with van der Waals surface area (Å²) in [4.78, 5) is 11.9. The Balaban J connectivity index is 1.93. The Kier molecular flexibility index (Phi) is 16.2. The summed E-state index contributed by atoms with van der Waals surface area (Å²) in [6.07, 6.45) is 12.3. The minimum absolute atomic E-state index is 0.230. The molecule has 5 atom stereocenters. The molecular weight excluding hydrogens is 400 g/mol. The number of carbonyl (C=O) groups excluding carboxylic acids is 1. The number of esters is 1. The molecule has 1 aliphatic rings. The molecule has 1 heterocycles. The quantitative estimate of drug-likeness (QED) is 0.177. The largest absolute Gasteiger partial charge is 0.433 e. The van der Waals surface area contributed by atoms with Gasteiger partial charge < -0.3 is 29.9 Å². The lowest BCUT2D eigenvalue weighted by Crippen LogP contribution is -2.40. The van der Waals surface area contributed by atoms with Crippen molar-refractivity contribution in [1.82, 2.24) is 0 Å². The molecule has 31 heavy (non-hydrogen) atoms. The SMILES string of the molecule is CCCCCCCCCCCCCCCCCC(=O)OC1O[C@H]([C@H](O)CO)[C@H](O)[C@H]1O. The number of rotatable bonds is 19. The van der Waals surface area contributed by atoms with Crippen molar-refractivity contribution in [2.75, 3.05) is 6.61 Å². The zero-order valence-corrected chi connectivity index (χ0v) is 19.4. The van der Waals surface area contributed by atoms with Crippen molar-refractivity contribution in [1.29, 1.82) is 0 Å². The number of ether oxygens (including phenoxy) is 2. The van der Waals surface area contributed by atoms with E-state index in [0.717, 1.165) is 12.8 Å². The van der Waals surface area contributed by atoms with Crippen LogP contribution >= 0.6 is 0 Å². The summed E-state index contributed by atoms with van der Waals surface area (Å²) < 4.78 is 10.3. The molecule has 0 bridgehead atoms. The van der Waals surface area contributed by atoms with Crippen LogP contribution in [0.3, 0.4) is 0 Å². The third-order valence-corrected chi connectivity index (χ3v) is 6.05. The van der Waals surface area contributed by atoms with E-state index in [9.17, 15) is 20.1 Å². The average molecular weight is 447 g/mol. The Bertz CT molecular complexity index is 446. The molecule has 0 aromatic rings. The summed E-state index contributed by atoms with van der Waals surface area (Å²) in [5, 5.41) is 38.2. The zero-order chi connectivity index (χ0) is 22.9. The van der Waals surface area contributed by atoms with Crippen LogP contribution in [0.5, 0.6) is 0 Å². The minimum atomic E-state index is -1.43. The Morgan fingerprint density at radius 2 is 1.26 bits per heavy atom. The molecule has 1 rings (SSSR count). The van der Waals surface area contributed by atoms with Crippen molar-refractivity contribution in [3.63, 3.8) is 0 Å². The van der Waals surface area contributed by atoms with Crippen LogP contribution in [0.1, 0.15) is 110 Å². The number of aliphatic hydroxyl groups is 4. The molecular formula is C24H46O7. The highest BCUT2D eigenvalue weighted by molar-refractivity contribution is 5.69. The third-order valence-electron chi connectivity index (χ3n) is 6.05. The fourth-order valence-electron chi connectivity index (χ4n) is 4.02. The summed E-state index contributed by atoms with van der Waals surface area (Å²) in [5.41, 5.74) is 0. The molecule has 7 heteroatoms. The first kappa shape index (κ1) is 28.3. The monoisotopic (exact) mass is 446 g/mol. The molecule has 0 amide bonds. The Morgan fingerprint density at radius 1 is 0.806 bits per heavy atom. The lowest BCUT2D eigenvalue weighted by atomic mass is 10.0. The molecule has 1 aliphatic heterocycles. The summed E-state index contributed by atoms with van der Waals surface area (Å²) >= 11 is 0. The second-order valence-corrected chi connectivity index (χ2v) is 8.89. The normalized spacial score (nSPS) is 24.4. The summed E-state index contributed by atoms with van der Waals surface area (Å²) in [6, 6.07) is 0. The van der Waals surface area contributed by atoms with Crippen molar-refractivity contribution in [2.45, 2.75) is 140 Å². The molecule has 0 spiro atoms. The van der Waals surface area contributed by atoms with Crippen LogP contribution in [-0.2, 0) is 14.3 Å². The average Bonchev–Trinajstić information content (AvgIpc) is 3.04. The second kappa shape index (κ2) is 17.8. The fraction of sp³-hybridized carbons (Fsp3) is 0.958. The van der Waals surface area contributed by atoms with E-state index in [4.69, 9.17) is 14.6 Å². The molecule has 0 saturated carbocycles. The van der Waals surface area contributed by atoms with Crippen LogP contribution in [-0.4, -0.2) is 63.7 Å². The predicted octanol–water partition coefficient (Wildman–Crippen LogP) is 3.59. The van der Waals surface area contributed by atoms with Gasteiger partial charge in [-0.3, -0.25) is 4.79 Å². The van der Waals surface area contributed by atoms with E-state index in [1.165, 1.54) is 77.0 Å². The molecule has 0 aromatic carbocycles. The van der Waals surface area contributed by atoms with Crippen molar-refractivity contribution >= 4 is 5.97 Å². The van der Waals surface area contributed by atoms with E-state index in [1.807, 2.05) is 0 Å². The summed E-state index contributed by atoms with van der Waals surface area (Å²) in [5.74, 6) is -0.495. The van der Waals surface area contributed by atoms with Gasteiger partial charge in [-0.05, 0) is 6.42 Å². The first-order chi connectivity index (χ1) is 15.0. The van der Waals surface area contributed by atoms with E-state index in [1.54, 1.807) is 0 Å². The van der Waals surface area contributed by atoms with Crippen LogP contribution in [0.25, 0.3) is 0 Å². The molecule has 0 radical (unpaired) electrons. The standard InChI is InChI=1S/C24H46O7/c1-2-3-4-5-6-7-8-9-10-11-12-13-14-15-16-17-20(27)30-24-22(29)21(28)23(31-24)19(26)18-25/h19,21-26,28-29H,2-18H2,1H3/t19-,21-,22-,23-,24?/m1/s1. The van der Waals surface area contributed by atoms with Gasteiger partial charge in [0, 0.05) is 6.42 Å². The highest BCUT2D eigenvalue weighted by Gasteiger charge is 2.47. The number of carbonyl (C=O) groups is 1. The third kappa shape index (κ3) is 12.2. The van der Waals surface area contributed by atoms with E-state index < -0.39 is 43.3 Å². The highest BCUT2D eigenvalue weighted by Crippen LogP contribution is 2.25. The van der Waals surface area contributed by atoms with Crippen LogP contribution < -0.4 is 0 Å². The minimum Gasteiger partial charge on any atom is -0.433 e. The van der Waals surface area contributed by atoms with Gasteiger partial charge in [0.2, 0.25) is 6.29 Å². The van der Waals surface area contributed by atoms with Gasteiger partial charge in [-0.25, -0.2) is 0 Å². The Hall–Kier alpha value is -0.730. The smallest absolute Gasteiger partial charge is 0.308 e. The topological polar surface area (TPSA) is 116 Å².